The van der Waals surface area contributed by atoms with Gasteiger partial charge >= 0.3 is 5.97 Å². The van der Waals surface area contributed by atoms with Crippen molar-refractivity contribution >= 4 is 123 Å². The van der Waals surface area contributed by atoms with Gasteiger partial charge in [-0.25, -0.2) is 13.2 Å². The summed E-state index contributed by atoms with van der Waals surface area (Å²) in [5.41, 5.74) is 18.8. The number of rotatable bonds is 25. The highest BCUT2D eigenvalue weighted by atomic mass is 32.2. The van der Waals surface area contributed by atoms with Crippen LogP contribution in [0.4, 0.5) is 13.2 Å². The van der Waals surface area contributed by atoms with Crippen LogP contribution in [-0.2, 0) is 114 Å². The van der Waals surface area contributed by atoms with Gasteiger partial charge in [0.1, 0.15) is 84.3 Å². The zero-order valence-corrected chi connectivity index (χ0v) is 76.3. The van der Waals surface area contributed by atoms with E-state index in [1.807, 2.05) is 0 Å². The van der Waals surface area contributed by atoms with Crippen LogP contribution < -0.4 is 65.1 Å². The van der Waals surface area contributed by atoms with Crippen molar-refractivity contribution in [3.63, 3.8) is 0 Å². The van der Waals surface area contributed by atoms with Crippen LogP contribution in [0.5, 0.6) is 5.75 Å². The fourth-order valence-electron chi connectivity index (χ4n) is 16.4. The summed E-state index contributed by atoms with van der Waals surface area (Å²) in [5.74, 6) is -26.5. The first-order valence-corrected chi connectivity index (χ1v) is 45.4. The number of aromatic nitrogens is 1. The van der Waals surface area contributed by atoms with E-state index in [1.165, 1.54) is 52.2 Å². The maximum absolute atomic E-state index is 15.7. The maximum atomic E-state index is 15.7. The van der Waals surface area contributed by atoms with Crippen LogP contribution in [0.25, 0.3) is 10.9 Å². The number of carbonyl (C=O) groups excluding carboxylic acids is 16. The summed E-state index contributed by atoms with van der Waals surface area (Å²) in [4.78, 5) is 258. The molecule has 3 fully saturated rings. The molecule has 43 heteroatoms. The number of hydrogen-bond acceptors (Lipinski definition) is 22. The van der Waals surface area contributed by atoms with Crippen molar-refractivity contribution in [1.29, 1.82) is 0 Å². The fourth-order valence-corrected chi connectivity index (χ4v) is 17.2. The number of aromatic amines is 1. The molecule has 15 atom stereocenters. The fraction of sp³-hybridized carbons (Fsp3) is 0.467. The van der Waals surface area contributed by atoms with Crippen molar-refractivity contribution < 1.29 is 115 Å². The Kier molecular flexibility index (Phi) is 38.5. The normalized spacial score (nSPS) is 24.5. The topological polar surface area (TPSA) is 589 Å². The first-order chi connectivity index (χ1) is 64.1. The molecule has 0 bridgehead atoms. The Balaban J connectivity index is 1.14. The lowest BCUT2D eigenvalue weighted by atomic mass is 9.98. The number of hydrogen-bond donors (Lipinski definition) is 17. The maximum Gasteiger partial charge on any atom is 0.305 e. The van der Waals surface area contributed by atoms with E-state index in [-0.39, 0.29) is 57.2 Å². The number of nitrogens with one attached hydrogen (secondary N) is 10. The number of halogens is 3. The number of aliphatic carboxylic acids is 1. The molecular weight excluding hydrogens is 1780 g/mol. The number of likely N-dealkylation sites (N-methyl/N-ethyl adjacent to an activating group) is 3. The quantitative estimate of drug-likeness (QED) is 0.0298. The lowest BCUT2D eigenvalue weighted by molar-refractivity contribution is -0.152. The number of amides is 16. The number of phenols is 1. The highest BCUT2D eigenvalue weighted by molar-refractivity contribution is 8.00. The van der Waals surface area contributed by atoms with Crippen LogP contribution in [0.2, 0.25) is 0 Å². The molecule has 6 aromatic rings. The Hall–Kier alpha value is -13.6. The molecule has 0 radical (unpaired) electrons. The van der Waals surface area contributed by atoms with Gasteiger partial charge in [-0.1, -0.05) is 125 Å². The summed E-state index contributed by atoms with van der Waals surface area (Å²) in [7, 11) is 3.56. The number of carbonyl (C=O) groups is 17. The van der Waals surface area contributed by atoms with E-state index in [1.54, 1.807) is 98.0 Å². The summed E-state index contributed by atoms with van der Waals surface area (Å²) in [6.07, 6.45) is -6.83. The molecule has 0 aliphatic carbocycles. The van der Waals surface area contributed by atoms with Crippen molar-refractivity contribution in [3.8, 4) is 5.75 Å². The van der Waals surface area contributed by atoms with Crippen molar-refractivity contribution in [3.05, 3.63) is 173 Å². The van der Waals surface area contributed by atoms with E-state index in [0.717, 1.165) is 31.5 Å². The minimum atomic E-state index is -2.07. The molecule has 39 nitrogen and oxygen atoms in total. The number of carboxylic acids is 1. The summed E-state index contributed by atoms with van der Waals surface area (Å²) < 4.78 is 45.1. The number of primary amides is 2. The first kappa shape index (κ1) is 105. The number of aliphatic hydroxyl groups is 2. The molecule has 135 heavy (non-hydrogen) atoms. The largest absolute Gasteiger partial charge is 0.508 e. The van der Waals surface area contributed by atoms with Crippen molar-refractivity contribution in [1.82, 2.24) is 77.3 Å². The minimum absolute atomic E-state index is 0.00319. The third-order valence-electron chi connectivity index (χ3n) is 23.7. The Morgan fingerprint density at radius 3 is 1.60 bits per heavy atom. The standard InChI is InChI=1S/C92H117F3N18O21S/c1-7-8-25-69-91(133)113-46-57(116)41-72(113)87(129)106-66(42-77(120)121)84(126)108-79(49(2)3)92(134)110(5)70(37-50-18-11-9-12-19-50)85(127)103-63(30-31-74(97)117)89(131)112-45-56(115)40-71(112)86(128)105-65(39-54-43-99-61-23-16-15-22-58(54)61)83(125)104-64(35-52-26-28-55(114)29-27-52)82(124)102-62(24-17-32-96)81(123)107-68(80(122)100-44-75(98)118)47-135-48-76(119)101-67(36-53-33-59(93)78(95)60(94)34-53)88(130)111(6)73(90(132)109(69)4)38-51-20-13-10-14-21-51/h9-16,18-23,26-29,33-34,43,49,56-57,62-73,79,99,114-116H,7-8,17,24-25,30-32,35-42,44-48,96H2,1-6H3,(H2,97,117)(H2,98,118)(H,100,122)(H,101,119)(H,102,124)(H,103,127)(H,104,125)(H,105,128)(H,106,129)(H,107,123)(H,108,126)(H,120,121)/t56-,57-,62+,63+,64+,65+,66+,67+,68+,69+,70+,71-,72-,73+,79+/m1/s1. The third kappa shape index (κ3) is 29.2. The summed E-state index contributed by atoms with van der Waals surface area (Å²) in [6, 6.07) is 6.87. The van der Waals surface area contributed by atoms with Gasteiger partial charge in [0.25, 0.3) is 0 Å². The number of nitrogens with zero attached hydrogens (tertiary/aromatic N) is 5. The second-order valence-electron chi connectivity index (χ2n) is 34.2. The molecule has 0 spiro atoms. The zero-order chi connectivity index (χ0) is 98.8. The van der Waals surface area contributed by atoms with Gasteiger partial charge in [-0.15, -0.1) is 11.8 Å². The number of thioether (sulfide) groups is 1. The van der Waals surface area contributed by atoms with Crippen LogP contribution in [0.15, 0.2) is 128 Å². The van der Waals surface area contributed by atoms with E-state index in [2.05, 4.69) is 52.8 Å². The number of nitrogens with two attached hydrogens (primary N) is 3. The second-order valence-corrected chi connectivity index (χ2v) is 35.2. The molecule has 3 aliphatic rings. The van der Waals surface area contributed by atoms with Crippen LogP contribution in [0.1, 0.15) is 113 Å². The molecule has 9 rings (SSSR count). The highest BCUT2D eigenvalue weighted by Crippen LogP contribution is 2.29. The van der Waals surface area contributed by atoms with E-state index in [9.17, 15) is 63.2 Å². The second kappa shape index (κ2) is 49.4. The molecule has 4 heterocycles. The summed E-state index contributed by atoms with van der Waals surface area (Å²) >= 11 is 0.628. The van der Waals surface area contributed by atoms with Gasteiger partial charge in [-0.2, -0.15) is 0 Å². The van der Waals surface area contributed by atoms with Gasteiger partial charge in [-0.05, 0) is 96.3 Å². The molecule has 20 N–H and O–H groups in total. The smallest absolute Gasteiger partial charge is 0.305 e. The van der Waals surface area contributed by atoms with Crippen molar-refractivity contribution in [2.75, 3.05) is 58.8 Å². The predicted molar refractivity (Wildman–Crippen MR) is 484 cm³/mol. The summed E-state index contributed by atoms with van der Waals surface area (Å²) in [6.45, 7) is 2.66. The number of unbranched alkanes of at least 4 members (excludes halogenated alkanes) is 1. The monoisotopic (exact) mass is 1900 g/mol. The summed E-state index contributed by atoms with van der Waals surface area (Å²) in [5, 5.41) is 67.1. The number of fused-ring (bicyclic) bond motifs is 3. The number of aliphatic hydroxyl groups excluding tert-OH is 2. The number of phenolic OH excluding ortho intramolecular Hbond substituents is 1. The van der Waals surface area contributed by atoms with E-state index >= 15 is 51.9 Å². The average molecular weight is 1900 g/mol. The minimum Gasteiger partial charge on any atom is -0.508 e. The van der Waals surface area contributed by atoms with Crippen LogP contribution in [0, 0.1) is 23.4 Å². The number of benzene rings is 5. The Morgan fingerprint density at radius 1 is 0.511 bits per heavy atom. The van der Waals surface area contributed by atoms with Gasteiger partial charge in [0.15, 0.2) is 17.5 Å². The SMILES string of the molecule is CCCC[C@H]1C(=O)N2C[C@H](O)C[C@@H]2C(=O)N[C@@H](CC(=O)O)C(=O)N[C@@H](C(C)C)C(=O)N(C)[C@@H](Cc2ccccc2)C(=O)N[C@@H](CCC(N)=O)C(=O)N2C[C@H](O)C[C@@H]2C(=O)N[C@@H](Cc2c[nH]c3ccccc23)C(=O)N[C@@H](Cc2ccc(O)cc2)C(=O)N[C@@H](CCCN)C(=O)N[C@H](C(=O)NCC(N)=O)CSCC(=O)N[C@@H](Cc2cc(F)c(F)c(F)c2)C(=O)N(C)[C@@H](Cc2ccccc2)C(=O)N1C. The molecule has 5 aromatic carbocycles. The third-order valence-corrected chi connectivity index (χ3v) is 24.8. The average Bonchev–Trinajstić information content (AvgIpc) is 1.64. The molecule has 1 aromatic heterocycles. The van der Waals surface area contributed by atoms with E-state index in [0.29, 0.717) is 63.5 Å². The zero-order valence-electron chi connectivity index (χ0n) is 75.5. The number of para-hydroxylation sites is 1. The Bertz CT molecular complexity index is 5260. The van der Waals surface area contributed by atoms with Crippen LogP contribution >= 0.6 is 11.8 Å². The van der Waals surface area contributed by atoms with Crippen LogP contribution in [-0.4, -0.2) is 300 Å². The molecule has 0 unspecified atom stereocenters. The van der Waals surface area contributed by atoms with Gasteiger partial charge in [0.05, 0.1) is 30.9 Å². The van der Waals surface area contributed by atoms with Crippen molar-refractivity contribution in [2.45, 2.75) is 208 Å². The Morgan fingerprint density at radius 2 is 1.02 bits per heavy atom. The number of aromatic hydroxyl groups is 1. The van der Waals surface area contributed by atoms with Gasteiger partial charge in [0, 0.05) is 108 Å². The lowest BCUT2D eigenvalue weighted by Gasteiger charge is -2.38. The molecule has 728 valence electrons. The number of carboxylic acid groups (broad SMARTS) is 1. The molecule has 3 saturated heterocycles. The van der Waals surface area contributed by atoms with Gasteiger partial charge in [-0.3, -0.25) is 81.5 Å². The first-order valence-electron chi connectivity index (χ1n) is 44.2. The van der Waals surface area contributed by atoms with Crippen molar-refractivity contribution in [2.24, 2.45) is 23.1 Å². The Labute approximate surface area is 780 Å². The highest BCUT2D eigenvalue weighted by Gasteiger charge is 2.48. The van der Waals surface area contributed by atoms with Crippen LogP contribution in [0.3, 0.4) is 0 Å². The number of H-pyrrole nitrogens is 1. The van der Waals surface area contributed by atoms with E-state index in [4.69, 9.17) is 17.2 Å². The molecule has 0 saturated carbocycles. The lowest BCUT2D eigenvalue weighted by Crippen LogP contribution is -2.62. The predicted octanol–water partition coefficient (Wildman–Crippen LogP) is -1.24. The molecule has 3 aliphatic heterocycles. The molecular formula is C92H117F3N18O21S. The van der Waals surface area contributed by atoms with Gasteiger partial charge in [0.2, 0.25) is 94.5 Å². The molecule has 16 amide bonds. The van der Waals surface area contributed by atoms with Gasteiger partial charge < -0.3 is 115 Å². The van der Waals surface area contributed by atoms with E-state index < -0.39 is 296 Å².